The third-order valence-electron chi connectivity index (χ3n) is 2.23. The van der Waals surface area contributed by atoms with Gasteiger partial charge < -0.3 is 10.1 Å². The Morgan fingerprint density at radius 2 is 2.27 bits per heavy atom. The van der Waals surface area contributed by atoms with E-state index in [2.05, 4.69) is 23.3 Å². The number of nitrogens with one attached hydrogen (secondary N) is 1. The fourth-order valence-corrected chi connectivity index (χ4v) is 2.45. The van der Waals surface area contributed by atoms with E-state index in [1.807, 2.05) is 13.0 Å². The average Bonchev–Trinajstić information content (AvgIpc) is 2.58. The maximum atomic E-state index is 5.28. The van der Waals surface area contributed by atoms with E-state index in [1.165, 1.54) is 0 Å². The van der Waals surface area contributed by atoms with E-state index in [9.17, 15) is 0 Å². The summed E-state index contributed by atoms with van der Waals surface area (Å²) in [6.45, 7) is 5.00. The maximum Gasteiger partial charge on any atom is 0.183 e. The molecular weight excluding hydrogens is 208 g/mol. The highest BCUT2D eigenvalue weighted by molar-refractivity contribution is 7.22. The standard InChI is InChI=1S/C11H14N2OS/c1-4-12-11-13-8-5-7(2)9(14-3)6-10(8)15-11/h5-6H,4H2,1-3H3,(H,12,13). The third kappa shape index (κ3) is 1.90. The number of nitrogens with zero attached hydrogens (tertiary/aromatic N) is 1. The minimum Gasteiger partial charge on any atom is -0.496 e. The molecule has 0 amide bonds. The fourth-order valence-electron chi connectivity index (χ4n) is 1.51. The molecule has 3 nitrogen and oxygen atoms in total. The summed E-state index contributed by atoms with van der Waals surface area (Å²) in [5, 5.41) is 4.19. The molecule has 2 rings (SSSR count). The van der Waals surface area contributed by atoms with Crippen molar-refractivity contribution in [2.24, 2.45) is 0 Å². The first kappa shape index (κ1) is 10.2. The van der Waals surface area contributed by atoms with E-state index >= 15 is 0 Å². The summed E-state index contributed by atoms with van der Waals surface area (Å²) >= 11 is 1.66. The molecule has 0 aliphatic rings. The van der Waals surface area contributed by atoms with Gasteiger partial charge in [-0.05, 0) is 31.5 Å². The summed E-state index contributed by atoms with van der Waals surface area (Å²) in [6.07, 6.45) is 0. The number of benzene rings is 1. The molecule has 0 bridgehead atoms. The third-order valence-corrected chi connectivity index (χ3v) is 3.21. The quantitative estimate of drug-likeness (QED) is 0.866. The Labute approximate surface area is 93.1 Å². The van der Waals surface area contributed by atoms with Crippen molar-refractivity contribution in [2.45, 2.75) is 13.8 Å². The highest BCUT2D eigenvalue weighted by atomic mass is 32.1. The lowest BCUT2D eigenvalue weighted by Crippen LogP contribution is -1.94. The zero-order valence-electron chi connectivity index (χ0n) is 9.13. The van der Waals surface area contributed by atoms with Gasteiger partial charge in [-0.25, -0.2) is 4.98 Å². The van der Waals surface area contributed by atoms with E-state index < -0.39 is 0 Å². The largest absolute Gasteiger partial charge is 0.496 e. The lowest BCUT2D eigenvalue weighted by molar-refractivity contribution is 0.412. The van der Waals surface area contributed by atoms with Crippen molar-refractivity contribution in [1.29, 1.82) is 0 Å². The van der Waals surface area contributed by atoms with Gasteiger partial charge in [0.1, 0.15) is 5.75 Å². The molecule has 0 spiro atoms. The average molecular weight is 222 g/mol. The van der Waals surface area contributed by atoms with Gasteiger partial charge >= 0.3 is 0 Å². The van der Waals surface area contributed by atoms with Crippen LogP contribution in [0.5, 0.6) is 5.75 Å². The minimum absolute atomic E-state index is 0.899. The molecule has 2 aromatic rings. The number of rotatable bonds is 3. The van der Waals surface area contributed by atoms with Crippen molar-refractivity contribution in [3.63, 3.8) is 0 Å². The molecule has 0 unspecified atom stereocenters. The van der Waals surface area contributed by atoms with E-state index in [0.29, 0.717) is 0 Å². The molecule has 15 heavy (non-hydrogen) atoms. The molecule has 0 saturated carbocycles. The van der Waals surface area contributed by atoms with E-state index in [0.717, 1.165) is 33.2 Å². The second-order valence-corrected chi connectivity index (χ2v) is 4.37. The molecule has 0 aliphatic heterocycles. The van der Waals surface area contributed by atoms with Crippen molar-refractivity contribution >= 4 is 26.7 Å². The van der Waals surface area contributed by atoms with Gasteiger partial charge in [-0.1, -0.05) is 11.3 Å². The predicted octanol–water partition coefficient (Wildman–Crippen LogP) is 3.05. The molecule has 0 atom stereocenters. The fraction of sp³-hybridized carbons (Fsp3) is 0.364. The summed E-state index contributed by atoms with van der Waals surface area (Å²) in [4.78, 5) is 4.49. The molecule has 1 aromatic carbocycles. The van der Waals surface area contributed by atoms with Gasteiger partial charge in [-0.2, -0.15) is 0 Å². The number of thiazole rings is 1. The van der Waals surface area contributed by atoms with Crippen molar-refractivity contribution in [2.75, 3.05) is 19.0 Å². The second-order valence-electron chi connectivity index (χ2n) is 3.34. The second kappa shape index (κ2) is 4.06. The van der Waals surface area contributed by atoms with Crippen LogP contribution < -0.4 is 10.1 Å². The molecule has 0 fully saturated rings. The van der Waals surface area contributed by atoms with E-state index in [4.69, 9.17) is 4.74 Å². The first-order valence-corrected chi connectivity index (χ1v) is 5.75. The maximum absolute atomic E-state index is 5.28. The van der Waals surface area contributed by atoms with Crippen molar-refractivity contribution in [3.05, 3.63) is 17.7 Å². The van der Waals surface area contributed by atoms with E-state index in [1.54, 1.807) is 18.4 Å². The van der Waals surface area contributed by atoms with Crippen LogP contribution in [0.1, 0.15) is 12.5 Å². The molecule has 0 saturated heterocycles. The van der Waals surface area contributed by atoms with Crippen LogP contribution in [0, 0.1) is 6.92 Å². The van der Waals surface area contributed by atoms with Crippen LogP contribution in [-0.4, -0.2) is 18.6 Å². The first-order chi connectivity index (χ1) is 7.24. The van der Waals surface area contributed by atoms with Crippen LogP contribution in [0.4, 0.5) is 5.13 Å². The Kier molecular flexibility index (Phi) is 2.77. The summed E-state index contributed by atoms with van der Waals surface area (Å²) < 4.78 is 6.44. The Bertz CT molecular complexity index is 479. The van der Waals surface area contributed by atoms with Gasteiger partial charge in [0.15, 0.2) is 5.13 Å². The lowest BCUT2D eigenvalue weighted by Gasteiger charge is -2.02. The van der Waals surface area contributed by atoms with Crippen molar-refractivity contribution in [3.8, 4) is 5.75 Å². The monoisotopic (exact) mass is 222 g/mol. The predicted molar refractivity (Wildman–Crippen MR) is 65.1 cm³/mol. The zero-order chi connectivity index (χ0) is 10.8. The number of ether oxygens (including phenoxy) is 1. The molecular formula is C11H14N2OS. The van der Waals surface area contributed by atoms with Crippen LogP contribution in [0.15, 0.2) is 12.1 Å². The molecule has 0 radical (unpaired) electrons. The number of aromatic nitrogens is 1. The van der Waals surface area contributed by atoms with Gasteiger partial charge in [0.05, 0.1) is 17.3 Å². The molecule has 80 valence electrons. The van der Waals surface area contributed by atoms with Crippen LogP contribution in [0.25, 0.3) is 10.2 Å². The Morgan fingerprint density at radius 1 is 1.47 bits per heavy atom. The molecule has 1 aromatic heterocycles. The number of hydrogen-bond acceptors (Lipinski definition) is 4. The van der Waals surface area contributed by atoms with Crippen LogP contribution in [0.3, 0.4) is 0 Å². The van der Waals surface area contributed by atoms with Gasteiger partial charge in [0.2, 0.25) is 0 Å². The van der Waals surface area contributed by atoms with E-state index in [-0.39, 0.29) is 0 Å². The summed E-state index contributed by atoms with van der Waals surface area (Å²) in [5.74, 6) is 0.925. The van der Waals surface area contributed by atoms with Gasteiger partial charge in [-0.3, -0.25) is 0 Å². The smallest absolute Gasteiger partial charge is 0.183 e. The number of fused-ring (bicyclic) bond motifs is 1. The topological polar surface area (TPSA) is 34.2 Å². The normalized spacial score (nSPS) is 10.6. The lowest BCUT2D eigenvalue weighted by atomic mass is 10.2. The number of hydrogen-bond donors (Lipinski definition) is 1. The number of anilines is 1. The number of aryl methyl sites for hydroxylation is 1. The highest BCUT2D eigenvalue weighted by Crippen LogP contribution is 2.31. The molecule has 1 N–H and O–H groups in total. The highest BCUT2D eigenvalue weighted by Gasteiger charge is 2.06. The summed E-state index contributed by atoms with van der Waals surface area (Å²) in [6, 6.07) is 4.11. The summed E-state index contributed by atoms with van der Waals surface area (Å²) in [5.41, 5.74) is 2.16. The first-order valence-electron chi connectivity index (χ1n) is 4.93. The van der Waals surface area contributed by atoms with Crippen LogP contribution >= 0.6 is 11.3 Å². The van der Waals surface area contributed by atoms with Crippen molar-refractivity contribution in [1.82, 2.24) is 4.98 Å². The van der Waals surface area contributed by atoms with Crippen molar-refractivity contribution < 1.29 is 4.74 Å². The summed E-state index contributed by atoms with van der Waals surface area (Å²) in [7, 11) is 1.69. The molecule has 4 heteroatoms. The van der Waals surface area contributed by atoms with Gasteiger partial charge in [0, 0.05) is 6.54 Å². The Balaban J connectivity index is 2.51. The SMILES string of the molecule is CCNc1nc2cc(C)c(OC)cc2s1. The van der Waals surface area contributed by atoms with Crippen LogP contribution in [-0.2, 0) is 0 Å². The Hall–Kier alpha value is -1.29. The minimum atomic E-state index is 0.899. The number of methoxy groups -OCH3 is 1. The van der Waals surface area contributed by atoms with Gasteiger partial charge in [0.25, 0.3) is 0 Å². The molecule has 0 aliphatic carbocycles. The van der Waals surface area contributed by atoms with Gasteiger partial charge in [-0.15, -0.1) is 0 Å². The molecule has 1 heterocycles. The van der Waals surface area contributed by atoms with Crippen LogP contribution in [0.2, 0.25) is 0 Å². The Morgan fingerprint density at radius 3 is 2.93 bits per heavy atom. The zero-order valence-corrected chi connectivity index (χ0v) is 9.94.